The standard InChI is InChI=1S/C33H39NO8/c1-20-8-14-27-21(2)30(39-31-33(27)26(20)16-17-32(3,40-31)41-42-33)34-29(36)19-38-24-12-10-23(11-13-24)28(35)15-9-22-6-5-7-25(18-22)37-4/h5-7,9-13,15,18,20-21,26-27,30-31H,8,14,16-17,19H2,1-4H3,(H,34,36)/b15-9+/t20-,21-,26+,27+,30-,31-,32+,33-/m1/s1. The SMILES string of the molecule is COc1cccc(/C=C/C(=O)c2ccc(OCC(=O)N[C@@H]3O[C@@H]4O[C@]5(C)CC[C@H]6[C@H](C)CC[C@@H]([C@H]3C)[C@@]46OO5)cc2)c1. The lowest BCUT2D eigenvalue weighted by molar-refractivity contribution is -0.571. The number of rotatable bonds is 8. The highest BCUT2D eigenvalue weighted by Crippen LogP contribution is 2.60. The van der Waals surface area contributed by atoms with Crippen molar-refractivity contribution in [2.24, 2.45) is 23.7 Å². The Balaban J connectivity index is 1.05. The van der Waals surface area contributed by atoms with E-state index in [9.17, 15) is 9.59 Å². The topological polar surface area (TPSA) is 102 Å². The summed E-state index contributed by atoms with van der Waals surface area (Å²) in [7, 11) is 1.60. The van der Waals surface area contributed by atoms with Gasteiger partial charge in [0.1, 0.15) is 17.7 Å². The van der Waals surface area contributed by atoms with Crippen LogP contribution < -0.4 is 14.8 Å². The van der Waals surface area contributed by atoms with Crippen LogP contribution in [-0.4, -0.2) is 49.3 Å². The van der Waals surface area contributed by atoms with Crippen LogP contribution in [0.3, 0.4) is 0 Å². The zero-order valence-corrected chi connectivity index (χ0v) is 24.5. The molecule has 1 aliphatic carbocycles. The van der Waals surface area contributed by atoms with Crippen molar-refractivity contribution in [3.63, 3.8) is 0 Å². The second-order valence-corrected chi connectivity index (χ2v) is 12.2. The number of benzene rings is 2. The molecule has 2 aromatic rings. The van der Waals surface area contributed by atoms with Crippen LogP contribution in [0.25, 0.3) is 6.08 Å². The molecule has 42 heavy (non-hydrogen) atoms. The predicted octanol–water partition coefficient (Wildman–Crippen LogP) is 5.29. The summed E-state index contributed by atoms with van der Waals surface area (Å²) in [6, 6.07) is 14.2. The van der Waals surface area contributed by atoms with E-state index in [-0.39, 0.29) is 36.1 Å². The van der Waals surface area contributed by atoms with Gasteiger partial charge in [-0.1, -0.05) is 32.1 Å². The van der Waals surface area contributed by atoms with Crippen LogP contribution in [0.15, 0.2) is 54.6 Å². The van der Waals surface area contributed by atoms with Crippen LogP contribution >= 0.6 is 0 Å². The van der Waals surface area contributed by atoms with Gasteiger partial charge in [-0.2, -0.15) is 0 Å². The average molecular weight is 578 g/mol. The first kappa shape index (κ1) is 28.9. The van der Waals surface area contributed by atoms with Crippen LogP contribution in [0.4, 0.5) is 0 Å². The fraction of sp³-hybridized carbons (Fsp3) is 0.515. The van der Waals surface area contributed by atoms with Crippen molar-refractivity contribution in [1.29, 1.82) is 0 Å². The smallest absolute Gasteiger partial charge is 0.259 e. The molecule has 0 aromatic heterocycles. The molecule has 9 nitrogen and oxygen atoms in total. The molecular formula is C33H39NO8. The number of ether oxygens (including phenoxy) is 4. The summed E-state index contributed by atoms with van der Waals surface area (Å²) >= 11 is 0. The van der Waals surface area contributed by atoms with Crippen LogP contribution in [0.2, 0.25) is 0 Å². The number of carbonyl (C=O) groups is 2. The largest absolute Gasteiger partial charge is 0.497 e. The number of hydrogen-bond donors (Lipinski definition) is 1. The van der Waals surface area contributed by atoms with Crippen LogP contribution in [0.5, 0.6) is 11.5 Å². The number of ketones is 1. The van der Waals surface area contributed by atoms with Crippen LogP contribution in [0, 0.1) is 23.7 Å². The molecule has 5 aliphatic rings. The Hall–Kier alpha value is -3.24. The zero-order valence-electron chi connectivity index (χ0n) is 24.5. The monoisotopic (exact) mass is 577 g/mol. The van der Waals surface area contributed by atoms with Crippen molar-refractivity contribution >= 4 is 17.8 Å². The highest BCUT2D eigenvalue weighted by atomic mass is 17.3. The Morgan fingerprint density at radius 3 is 2.62 bits per heavy atom. The third-order valence-electron chi connectivity index (χ3n) is 9.49. The van der Waals surface area contributed by atoms with Gasteiger partial charge in [0.25, 0.3) is 5.91 Å². The Morgan fingerprint density at radius 1 is 1.02 bits per heavy atom. The highest BCUT2D eigenvalue weighted by molar-refractivity contribution is 6.06. The molecule has 0 radical (unpaired) electrons. The molecule has 5 fully saturated rings. The number of carbonyl (C=O) groups excluding carboxylic acids is 2. The molecule has 4 heterocycles. The Labute approximate surface area is 246 Å². The van der Waals surface area contributed by atoms with Crippen molar-refractivity contribution in [3.05, 3.63) is 65.7 Å². The lowest BCUT2D eigenvalue weighted by Crippen LogP contribution is -2.72. The summed E-state index contributed by atoms with van der Waals surface area (Å²) in [4.78, 5) is 37.6. The molecule has 1 spiro atoms. The number of nitrogens with one attached hydrogen (secondary N) is 1. The number of methoxy groups -OCH3 is 1. The van der Waals surface area contributed by atoms with E-state index in [4.69, 9.17) is 28.7 Å². The van der Waals surface area contributed by atoms with Crippen molar-refractivity contribution in [2.75, 3.05) is 13.7 Å². The molecule has 4 saturated heterocycles. The minimum Gasteiger partial charge on any atom is -0.497 e. The molecule has 8 atom stereocenters. The zero-order chi connectivity index (χ0) is 29.5. The predicted molar refractivity (Wildman–Crippen MR) is 153 cm³/mol. The van der Waals surface area contributed by atoms with E-state index < -0.39 is 23.9 Å². The van der Waals surface area contributed by atoms with Gasteiger partial charge in [-0.3, -0.25) is 9.59 Å². The summed E-state index contributed by atoms with van der Waals surface area (Å²) in [5, 5.41) is 3.01. The lowest BCUT2D eigenvalue weighted by atomic mass is 9.58. The maximum absolute atomic E-state index is 13.0. The minimum atomic E-state index is -0.867. The third-order valence-corrected chi connectivity index (χ3v) is 9.49. The normalized spacial score (nSPS) is 35.2. The van der Waals surface area contributed by atoms with Gasteiger partial charge < -0.3 is 24.3 Å². The van der Waals surface area contributed by atoms with E-state index in [0.717, 1.165) is 37.0 Å². The van der Waals surface area contributed by atoms with Gasteiger partial charge in [-0.15, -0.1) is 0 Å². The fourth-order valence-electron chi connectivity index (χ4n) is 7.15. The molecular weight excluding hydrogens is 538 g/mol. The second kappa shape index (κ2) is 11.4. The molecule has 1 N–H and O–H groups in total. The van der Waals surface area contributed by atoms with Gasteiger partial charge in [0.2, 0.25) is 5.79 Å². The average Bonchev–Trinajstić information content (AvgIpc) is 3.23. The number of amides is 1. The Morgan fingerprint density at radius 2 is 1.83 bits per heavy atom. The van der Waals surface area contributed by atoms with Crippen molar-refractivity contribution in [3.8, 4) is 11.5 Å². The number of allylic oxidation sites excluding steroid dienone is 1. The molecule has 0 unspecified atom stereocenters. The molecule has 1 saturated carbocycles. The molecule has 2 aromatic carbocycles. The Bertz CT molecular complexity index is 1340. The van der Waals surface area contributed by atoms with Crippen LogP contribution in [0.1, 0.15) is 62.4 Å². The summed E-state index contributed by atoms with van der Waals surface area (Å²) in [6.07, 6.45) is 5.82. The summed E-state index contributed by atoms with van der Waals surface area (Å²) in [6.45, 7) is 6.06. The maximum Gasteiger partial charge on any atom is 0.259 e. The van der Waals surface area contributed by atoms with Gasteiger partial charge in [0.15, 0.2) is 24.3 Å². The quantitative estimate of drug-likeness (QED) is 0.257. The number of hydrogen-bond acceptors (Lipinski definition) is 8. The Kier molecular flexibility index (Phi) is 7.87. The first-order valence-corrected chi connectivity index (χ1v) is 14.8. The molecule has 7 rings (SSSR count). The van der Waals surface area contributed by atoms with E-state index >= 15 is 0 Å². The van der Waals surface area contributed by atoms with E-state index in [1.54, 1.807) is 37.5 Å². The summed E-state index contributed by atoms with van der Waals surface area (Å²) in [5.41, 5.74) is 0.709. The lowest BCUT2D eigenvalue weighted by Gasteiger charge is -2.60. The van der Waals surface area contributed by atoms with Gasteiger partial charge >= 0.3 is 0 Å². The van der Waals surface area contributed by atoms with E-state index in [2.05, 4.69) is 19.2 Å². The van der Waals surface area contributed by atoms with Gasteiger partial charge in [-0.05, 0) is 86.1 Å². The van der Waals surface area contributed by atoms with Gasteiger partial charge in [-0.25, -0.2) is 9.78 Å². The van der Waals surface area contributed by atoms with Crippen molar-refractivity contribution < 1.29 is 38.3 Å². The van der Waals surface area contributed by atoms with E-state index in [0.29, 0.717) is 17.2 Å². The molecule has 224 valence electrons. The van der Waals surface area contributed by atoms with Gasteiger partial charge in [0.05, 0.1) is 7.11 Å². The first-order chi connectivity index (χ1) is 20.2. The number of fused-ring (bicyclic) bond motifs is 2. The molecule has 4 aliphatic heterocycles. The summed E-state index contributed by atoms with van der Waals surface area (Å²) in [5.74, 6) is 0.754. The minimum absolute atomic E-state index is 0.00909. The van der Waals surface area contributed by atoms with E-state index in [1.807, 2.05) is 31.2 Å². The van der Waals surface area contributed by atoms with Crippen LogP contribution in [-0.2, 0) is 24.0 Å². The summed E-state index contributed by atoms with van der Waals surface area (Å²) < 4.78 is 23.7. The van der Waals surface area contributed by atoms with Gasteiger partial charge in [0, 0.05) is 23.8 Å². The maximum atomic E-state index is 13.0. The molecule has 2 bridgehead atoms. The third kappa shape index (κ3) is 5.35. The second-order valence-electron chi connectivity index (χ2n) is 12.2. The van der Waals surface area contributed by atoms with Crippen molar-refractivity contribution in [1.82, 2.24) is 5.32 Å². The highest BCUT2D eigenvalue weighted by Gasteiger charge is 2.69. The first-order valence-electron chi connectivity index (χ1n) is 14.8. The van der Waals surface area contributed by atoms with Crippen molar-refractivity contribution in [2.45, 2.75) is 70.4 Å². The molecule has 9 heteroatoms. The van der Waals surface area contributed by atoms with E-state index in [1.165, 1.54) is 6.08 Å². The fourth-order valence-corrected chi connectivity index (χ4v) is 7.15. The molecule has 1 amide bonds.